The molecule has 1 heterocycles. The molecule has 1 aromatic heterocycles. The Morgan fingerprint density at radius 3 is 2.48 bits per heavy atom. The summed E-state index contributed by atoms with van der Waals surface area (Å²) >= 11 is 0. The summed E-state index contributed by atoms with van der Waals surface area (Å²) in [5.41, 5.74) is 2.60. The van der Waals surface area contributed by atoms with Gasteiger partial charge in [-0.3, -0.25) is 9.78 Å². The molecule has 3 aromatic rings. The number of rotatable bonds is 6. The minimum absolute atomic E-state index is 0.0566. The number of carbonyl (C=O) groups is 1. The van der Waals surface area contributed by atoms with Gasteiger partial charge in [0.1, 0.15) is 11.5 Å². The molecule has 25 heavy (non-hydrogen) atoms. The zero-order valence-electron chi connectivity index (χ0n) is 14.3. The van der Waals surface area contributed by atoms with Crippen molar-refractivity contribution in [1.82, 2.24) is 4.98 Å². The van der Waals surface area contributed by atoms with E-state index in [1.54, 1.807) is 20.4 Å². The van der Waals surface area contributed by atoms with Crippen LogP contribution < -0.4 is 14.8 Å². The van der Waals surface area contributed by atoms with Crippen molar-refractivity contribution < 1.29 is 14.3 Å². The predicted molar refractivity (Wildman–Crippen MR) is 98.2 cm³/mol. The first-order valence-corrected chi connectivity index (χ1v) is 8.04. The van der Waals surface area contributed by atoms with E-state index >= 15 is 0 Å². The molecule has 0 atom stereocenters. The molecule has 0 aliphatic rings. The second-order valence-electron chi connectivity index (χ2n) is 5.69. The third kappa shape index (κ3) is 4.26. The molecule has 0 spiro atoms. The molecule has 5 nitrogen and oxygen atoms in total. The Labute approximate surface area is 146 Å². The Balaban J connectivity index is 1.64. The first-order chi connectivity index (χ1) is 12.2. The third-order valence-electron chi connectivity index (χ3n) is 3.93. The molecule has 0 saturated carbocycles. The Kier molecular flexibility index (Phi) is 5.14. The molecule has 0 radical (unpaired) electrons. The summed E-state index contributed by atoms with van der Waals surface area (Å²) in [6.07, 6.45) is 2.64. The summed E-state index contributed by atoms with van der Waals surface area (Å²) in [6.45, 7) is 0. The minimum Gasteiger partial charge on any atom is -0.497 e. The highest BCUT2D eigenvalue weighted by Crippen LogP contribution is 2.23. The van der Waals surface area contributed by atoms with Crippen LogP contribution in [0.3, 0.4) is 0 Å². The van der Waals surface area contributed by atoms with Gasteiger partial charge in [-0.05, 0) is 36.2 Å². The maximum atomic E-state index is 12.2. The lowest BCUT2D eigenvalue weighted by molar-refractivity contribution is -0.116. The number of nitrogens with zero attached hydrogens (tertiary/aromatic N) is 1. The van der Waals surface area contributed by atoms with Gasteiger partial charge in [-0.15, -0.1) is 0 Å². The number of benzene rings is 2. The molecule has 128 valence electrons. The number of aryl methyl sites for hydroxylation is 1. The number of aromatic nitrogens is 1. The second-order valence-corrected chi connectivity index (χ2v) is 5.69. The minimum atomic E-state index is -0.0566. The maximum absolute atomic E-state index is 12.2. The van der Waals surface area contributed by atoms with Crippen LogP contribution in [-0.4, -0.2) is 25.1 Å². The number of fused-ring (bicyclic) bond motifs is 1. The van der Waals surface area contributed by atoms with Gasteiger partial charge in [0.15, 0.2) is 0 Å². The normalized spacial score (nSPS) is 10.5. The summed E-state index contributed by atoms with van der Waals surface area (Å²) in [5, 5.41) is 3.90. The van der Waals surface area contributed by atoms with Crippen LogP contribution in [0.1, 0.15) is 12.0 Å². The molecule has 3 rings (SSSR count). The number of carbonyl (C=O) groups excluding carboxylic acids is 1. The van der Waals surface area contributed by atoms with E-state index in [2.05, 4.69) is 10.3 Å². The van der Waals surface area contributed by atoms with Gasteiger partial charge in [-0.1, -0.05) is 18.2 Å². The first kappa shape index (κ1) is 16.8. The Morgan fingerprint density at radius 2 is 1.76 bits per heavy atom. The zero-order valence-corrected chi connectivity index (χ0v) is 14.3. The van der Waals surface area contributed by atoms with Crippen molar-refractivity contribution >= 4 is 22.5 Å². The van der Waals surface area contributed by atoms with E-state index in [-0.39, 0.29) is 5.91 Å². The molecule has 1 amide bonds. The lowest BCUT2D eigenvalue weighted by atomic mass is 10.1. The van der Waals surface area contributed by atoms with Crippen molar-refractivity contribution in [3.05, 3.63) is 60.3 Å². The molecule has 0 bridgehead atoms. The van der Waals surface area contributed by atoms with E-state index < -0.39 is 0 Å². The van der Waals surface area contributed by atoms with Crippen molar-refractivity contribution in [2.24, 2.45) is 0 Å². The fourth-order valence-electron chi connectivity index (χ4n) is 2.63. The van der Waals surface area contributed by atoms with Crippen molar-refractivity contribution in [2.45, 2.75) is 12.8 Å². The van der Waals surface area contributed by atoms with Crippen LogP contribution in [0.2, 0.25) is 0 Å². The maximum Gasteiger partial charge on any atom is 0.224 e. The summed E-state index contributed by atoms with van der Waals surface area (Å²) in [4.78, 5) is 16.6. The number of pyridine rings is 1. The van der Waals surface area contributed by atoms with Gasteiger partial charge in [-0.25, -0.2) is 0 Å². The quantitative estimate of drug-likeness (QED) is 0.743. The zero-order chi connectivity index (χ0) is 17.6. The Bertz CT molecular complexity index is 871. The fourth-order valence-corrected chi connectivity index (χ4v) is 2.63. The van der Waals surface area contributed by atoms with Crippen LogP contribution in [0.5, 0.6) is 11.5 Å². The molecule has 0 aliphatic heterocycles. The lowest BCUT2D eigenvalue weighted by Crippen LogP contribution is -2.12. The fraction of sp³-hybridized carbons (Fsp3) is 0.200. The summed E-state index contributed by atoms with van der Waals surface area (Å²) in [5.74, 6) is 1.38. The van der Waals surface area contributed by atoms with E-state index in [0.29, 0.717) is 30.0 Å². The number of anilines is 1. The predicted octanol–water partition coefficient (Wildman–Crippen LogP) is 3.82. The summed E-state index contributed by atoms with van der Waals surface area (Å²) in [7, 11) is 3.22. The summed E-state index contributed by atoms with van der Waals surface area (Å²) < 4.78 is 10.5. The van der Waals surface area contributed by atoms with Crippen LogP contribution in [0.25, 0.3) is 10.9 Å². The van der Waals surface area contributed by atoms with E-state index in [9.17, 15) is 4.79 Å². The standard InChI is InChI=1S/C20H20N2O3/c1-24-17-9-14(10-18(12-17)25-2)7-8-20(23)22-16-11-15-5-3-4-6-19(15)21-13-16/h3-6,9-13H,7-8H2,1-2H3,(H,22,23). The molecule has 2 aromatic carbocycles. The molecular formula is C20H20N2O3. The monoisotopic (exact) mass is 336 g/mol. The van der Waals surface area contributed by atoms with Crippen LogP contribution in [-0.2, 0) is 11.2 Å². The molecule has 0 saturated heterocycles. The number of hydrogen-bond acceptors (Lipinski definition) is 4. The van der Waals surface area contributed by atoms with Gasteiger partial charge < -0.3 is 14.8 Å². The number of para-hydroxylation sites is 1. The van der Waals surface area contributed by atoms with E-state index in [0.717, 1.165) is 16.5 Å². The Hall–Kier alpha value is -3.08. The highest BCUT2D eigenvalue weighted by Gasteiger charge is 2.07. The van der Waals surface area contributed by atoms with Crippen molar-refractivity contribution in [1.29, 1.82) is 0 Å². The second kappa shape index (κ2) is 7.66. The number of hydrogen-bond donors (Lipinski definition) is 1. The van der Waals surface area contributed by atoms with Crippen LogP contribution in [0, 0.1) is 0 Å². The van der Waals surface area contributed by atoms with Crippen LogP contribution in [0.15, 0.2) is 54.7 Å². The van der Waals surface area contributed by atoms with Crippen molar-refractivity contribution in [3.63, 3.8) is 0 Å². The van der Waals surface area contributed by atoms with Gasteiger partial charge in [0, 0.05) is 17.9 Å². The molecule has 0 aliphatic carbocycles. The molecule has 0 unspecified atom stereocenters. The average Bonchev–Trinajstić information content (AvgIpc) is 2.66. The molecule has 0 fully saturated rings. The molecule has 1 N–H and O–H groups in total. The van der Waals surface area contributed by atoms with Crippen molar-refractivity contribution in [2.75, 3.05) is 19.5 Å². The molecule has 5 heteroatoms. The SMILES string of the molecule is COc1cc(CCC(=O)Nc2cnc3ccccc3c2)cc(OC)c1. The summed E-state index contributed by atoms with van der Waals surface area (Å²) in [6, 6.07) is 15.4. The number of ether oxygens (including phenoxy) is 2. The van der Waals surface area contributed by atoms with Crippen LogP contribution >= 0.6 is 0 Å². The van der Waals surface area contributed by atoms with Gasteiger partial charge in [0.25, 0.3) is 0 Å². The van der Waals surface area contributed by atoms with Gasteiger partial charge >= 0.3 is 0 Å². The van der Waals surface area contributed by atoms with E-state index in [4.69, 9.17) is 9.47 Å². The topological polar surface area (TPSA) is 60.5 Å². The first-order valence-electron chi connectivity index (χ1n) is 8.04. The van der Waals surface area contributed by atoms with Gasteiger partial charge in [0.2, 0.25) is 5.91 Å². The largest absolute Gasteiger partial charge is 0.497 e. The van der Waals surface area contributed by atoms with E-state index in [1.807, 2.05) is 48.5 Å². The highest BCUT2D eigenvalue weighted by atomic mass is 16.5. The lowest BCUT2D eigenvalue weighted by Gasteiger charge is -2.09. The smallest absolute Gasteiger partial charge is 0.224 e. The van der Waals surface area contributed by atoms with Gasteiger partial charge in [-0.2, -0.15) is 0 Å². The van der Waals surface area contributed by atoms with E-state index in [1.165, 1.54) is 0 Å². The number of amides is 1. The molecular weight excluding hydrogens is 316 g/mol. The number of methoxy groups -OCH3 is 2. The van der Waals surface area contributed by atoms with Crippen LogP contribution in [0.4, 0.5) is 5.69 Å². The number of nitrogens with one attached hydrogen (secondary N) is 1. The highest BCUT2D eigenvalue weighted by molar-refractivity contribution is 5.93. The average molecular weight is 336 g/mol. The Morgan fingerprint density at radius 1 is 1.04 bits per heavy atom. The third-order valence-corrected chi connectivity index (χ3v) is 3.93. The van der Waals surface area contributed by atoms with Gasteiger partial charge in [0.05, 0.1) is 31.6 Å². The van der Waals surface area contributed by atoms with Crippen molar-refractivity contribution in [3.8, 4) is 11.5 Å².